The molecule has 60 valence electrons. The van der Waals surface area contributed by atoms with Crippen molar-refractivity contribution in [1.29, 1.82) is 0 Å². The summed E-state index contributed by atoms with van der Waals surface area (Å²) in [6.07, 6.45) is 2.34. The minimum atomic E-state index is -0.254. The highest BCUT2D eigenvalue weighted by Gasteiger charge is 1.98. The molecule has 0 aliphatic rings. The van der Waals surface area contributed by atoms with E-state index in [1.165, 1.54) is 6.07 Å². The summed E-state index contributed by atoms with van der Waals surface area (Å²) in [7, 11) is 0. The third kappa shape index (κ3) is 1.98. The van der Waals surface area contributed by atoms with Crippen LogP contribution in [0.3, 0.4) is 0 Å². The van der Waals surface area contributed by atoms with Gasteiger partial charge in [-0.2, -0.15) is 0 Å². The fourth-order valence-electron chi connectivity index (χ4n) is 0.849. The van der Waals surface area contributed by atoms with E-state index in [-0.39, 0.29) is 5.82 Å². The number of nitrogens with two attached hydrogens (primary N) is 1. The molecule has 0 atom stereocenters. The van der Waals surface area contributed by atoms with Gasteiger partial charge in [-0.15, -0.1) is 0 Å². The van der Waals surface area contributed by atoms with Crippen molar-refractivity contribution in [2.24, 2.45) is 5.73 Å². The summed E-state index contributed by atoms with van der Waals surface area (Å²) in [6, 6.07) is 1.48. The van der Waals surface area contributed by atoms with E-state index in [4.69, 9.17) is 5.73 Å². The number of hydrogen-bond acceptors (Lipinski definition) is 2. The Morgan fingerprint density at radius 1 is 1.64 bits per heavy atom. The molecule has 11 heavy (non-hydrogen) atoms. The molecule has 0 unspecified atom stereocenters. The van der Waals surface area contributed by atoms with Crippen LogP contribution in [-0.2, 0) is 6.42 Å². The minimum absolute atomic E-state index is 0.254. The van der Waals surface area contributed by atoms with E-state index >= 15 is 0 Å². The van der Waals surface area contributed by atoms with Crippen LogP contribution in [0.15, 0.2) is 12.3 Å². The molecule has 3 heteroatoms. The summed E-state index contributed by atoms with van der Waals surface area (Å²) in [5.74, 6) is -0.254. The Kier molecular flexibility index (Phi) is 2.54. The van der Waals surface area contributed by atoms with Gasteiger partial charge in [0.05, 0.1) is 5.69 Å². The molecule has 2 nitrogen and oxygen atoms in total. The second kappa shape index (κ2) is 3.44. The van der Waals surface area contributed by atoms with Crippen molar-refractivity contribution in [1.82, 2.24) is 4.98 Å². The average Bonchev–Trinajstić information content (AvgIpc) is 1.98. The second-order valence-corrected chi connectivity index (χ2v) is 2.45. The van der Waals surface area contributed by atoms with Crippen molar-refractivity contribution < 1.29 is 4.39 Å². The number of pyridine rings is 1. The van der Waals surface area contributed by atoms with Crippen molar-refractivity contribution in [2.45, 2.75) is 13.3 Å². The quantitative estimate of drug-likeness (QED) is 0.691. The predicted molar refractivity (Wildman–Crippen MR) is 41.7 cm³/mol. The van der Waals surface area contributed by atoms with Crippen LogP contribution in [0.1, 0.15) is 11.3 Å². The molecule has 1 rings (SSSR count). The first-order valence-corrected chi connectivity index (χ1v) is 3.55. The lowest BCUT2D eigenvalue weighted by Gasteiger charge is -1.99. The van der Waals surface area contributed by atoms with Gasteiger partial charge in [-0.05, 0) is 31.5 Å². The molecule has 1 heterocycles. The van der Waals surface area contributed by atoms with Gasteiger partial charge in [0.15, 0.2) is 0 Å². The van der Waals surface area contributed by atoms with E-state index in [9.17, 15) is 4.39 Å². The first-order chi connectivity index (χ1) is 5.24. The smallest absolute Gasteiger partial charge is 0.144 e. The van der Waals surface area contributed by atoms with Gasteiger partial charge >= 0.3 is 0 Å². The van der Waals surface area contributed by atoms with Gasteiger partial charge in [-0.1, -0.05) is 0 Å². The number of nitrogens with zero attached hydrogens (tertiary/aromatic N) is 1. The first-order valence-electron chi connectivity index (χ1n) is 3.55. The van der Waals surface area contributed by atoms with Crippen LogP contribution >= 0.6 is 0 Å². The molecule has 0 aromatic carbocycles. The summed E-state index contributed by atoms with van der Waals surface area (Å²) >= 11 is 0. The number of hydrogen-bond donors (Lipinski definition) is 1. The molecule has 1 aromatic rings. The average molecular weight is 154 g/mol. The number of rotatable bonds is 2. The standard InChI is InChI=1S/C8H11FN2/c1-6-8(9)4-7(2-3-10)5-11-6/h4-5H,2-3,10H2,1H3. The van der Waals surface area contributed by atoms with Crippen molar-refractivity contribution in [3.8, 4) is 0 Å². The molecule has 0 saturated carbocycles. The van der Waals surface area contributed by atoms with Crippen molar-refractivity contribution >= 4 is 0 Å². The molecule has 0 radical (unpaired) electrons. The first kappa shape index (κ1) is 8.14. The van der Waals surface area contributed by atoms with Crippen LogP contribution in [0.5, 0.6) is 0 Å². The lowest BCUT2D eigenvalue weighted by molar-refractivity contribution is 0.606. The van der Waals surface area contributed by atoms with Crippen LogP contribution < -0.4 is 5.73 Å². The fourth-order valence-corrected chi connectivity index (χ4v) is 0.849. The number of aromatic nitrogens is 1. The Morgan fingerprint density at radius 2 is 2.36 bits per heavy atom. The zero-order valence-corrected chi connectivity index (χ0v) is 6.47. The molecule has 0 spiro atoms. The fraction of sp³-hybridized carbons (Fsp3) is 0.375. The normalized spacial score (nSPS) is 10.1. The summed E-state index contributed by atoms with van der Waals surface area (Å²) in [5, 5.41) is 0. The van der Waals surface area contributed by atoms with Gasteiger partial charge in [-0.3, -0.25) is 4.98 Å². The summed E-state index contributed by atoms with van der Waals surface area (Å²) in [4.78, 5) is 3.87. The van der Waals surface area contributed by atoms with E-state index in [1.54, 1.807) is 13.1 Å². The lowest BCUT2D eigenvalue weighted by atomic mass is 10.2. The number of aryl methyl sites for hydroxylation is 1. The van der Waals surface area contributed by atoms with Crippen LogP contribution in [0.2, 0.25) is 0 Å². The van der Waals surface area contributed by atoms with Gasteiger partial charge < -0.3 is 5.73 Å². The largest absolute Gasteiger partial charge is 0.330 e. The zero-order chi connectivity index (χ0) is 8.27. The third-order valence-electron chi connectivity index (χ3n) is 1.51. The predicted octanol–water partition coefficient (Wildman–Crippen LogP) is 1.03. The van der Waals surface area contributed by atoms with Crippen LogP contribution in [0, 0.1) is 12.7 Å². The van der Waals surface area contributed by atoms with Gasteiger partial charge in [0.1, 0.15) is 5.82 Å². The van der Waals surface area contributed by atoms with E-state index in [2.05, 4.69) is 4.98 Å². The van der Waals surface area contributed by atoms with Gasteiger partial charge in [-0.25, -0.2) is 4.39 Å². The monoisotopic (exact) mass is 154 g/mol. The van der Waals surface area contributed by atoms with E-state index in [0.29, 0.717) is 18.7 Å². The van der Waals surface area contributed by atoms with Gasteiger partial charge in [0.25, 0.3) is 0 Å². The number of halogens is 1. The molecule has 0 aliphatic carbocycles. The van der Waals surface area contributed by atoms with Crippen molar-refractivity contribution in [3.05, 3.63) is 29.3 Å². The van der Waals surface area contributed by atoms with Crippen molar-refractivity contribution in [2.75, 3.05) is 6.54 Å². The maximum Gasteiger partial charge on any atom is 0.144 e. The van der Waals surface area contributed by atoms with E-state index in [1.807, 2.05) is 0 Å². The SMILES string of the molecule is Cc1ncc(CCN)cc1F. The summed E-state index contributed by atoms with van der Waals surface area (Å²) in [5.41, 5.74) is 6.59. The van der Waals surface area contributed by atoms with E-state index in [0.717, 1.165) is 5.56 Å². The van der Waals surface area contributed by atoms with Crippen LogP contribution in [0.4, 0.5) is 4.39 Å². The van der Waals surface area contributed by atoms with Crippen molar-refractivity contribution in [3.63, 3.8) is 0 Å². The van der Waals surface area contributed by atoms with Gasteiger partial charge in [0, 0.05) is 6.20 Å². The molecule has 0 amide bonds. The Balaban J connectivity index is 2.86. The molecule has 0 fully saturated rings. The van der Waals surface area contributed by atoms with Crippen LogP contribution in [-0.4, -0.2) is 11.5 Å². The Morgan fingerprint density at radius 3 is 2.91 bits per heavy atom. The van der Waals surface area contributed by atoms with Crippen LogP contribution in [0.25, 0.3) is 0 Å². The summed E-state index contributed by atoms with van der Waals surface area (Å²) in [6.45, 7) is 2.17. The Bertz CT molecular complexity index is 248. The third-order valence-corrected chi connectivity index (χ3v) is 1.51. The second-order valence-electron chi connectivity index (χ2n) is 2.45. The molecule has 0 bridgehead atoms. The minimum Gasteiger partial charge on any atom is -0.330 e. The zero-order valence-electron chi connectivity index (χ0n) is 6.47. The Hall–Kier alpha value is -0.960. The molecular formula is C8H11FN2. The highest BCUT2D eigenvalue weighted by molar-refractivity contribution is 5.15. The van der Waals surface area contributed by atoms with E-state index < -0.39 is 0 Å². The molecule has 0 aliphatic heterocycles. The summed E-state index contributed by atoms with van der Waals surface area (Å²) < 4.78 is 12.8. The molecule has 0 saturated heterocycles. The maximum atomic E-state index is 12.8. The highest BCUT2D eigenvalue weighted by atomic mass is 19.1. The van der Waals surface area contributed by atoms with Gasteiger partial charge in [0.2, 0.25) is 0 Å². The Labute approximate surface area is 65.3 Å². The molecule has 1 aromatic heterocycles. The molecular weight excluding hydrogens is 143 g/mol. The molecule has 2 N–H and O–H groups in total. The maximum absolute atomic E-state index is 12.8. The lowest BCUT2D eigenvalue weighted by Crippen LogP contribution is -2.03. The topological polar surface area (TPSA) is 38.9 Å². The highest BCUT2D eigenvalue weighted by Crippen LogP contribution is 2.05.